The molecule has 0 bridgehead atoms. The van der Waals surface area contributed by atoms with Gasteiger partial charge in [-0.3, -0.25) is 14.5 Å². The van der Waals surface area contributed by atoms with Crippen molar-refractivity contribution in [1.29, 1.82) is 5.26 Å². The third-order valence-electron chi connectivity index (χ3n) is 7.70. The van der Waals surface area contributed by atoms with Gasteiger partial charge in [0, 0.05) is 49.6 Å². The van der Waals surface area contributed by atoms with E-state index in [0.29, 0.717) is 50.0 Å². The number of benzene rings is 2. The van der Waals surface area contributed by atoms with Crippen LogP contribution in [0, 0.1) is 23.1 Å². The van der Waals surface area contributed by atoms with E-state index in [1.807, 2.05) is 42.6 Å². The van der Waals surface area contributed by atoms with Gasteiger partial charge in [0.15, 0.2) is 0 Å². The molecule has 1 aromatic heterocycles. The van der Waals surface area contributed by atoms with E-state index in [0.717, 1.165) is 24.2 Å². The van der Waals surface area contributed by atoms with E-state index in [4.69, 9.17) is 5.26 Å². The number of hydrogen-bond donors (Lipinski definition) is 1. The molecule has 1 unspecified atom stereocenters. The summed E-state index contributed by atoms with van der Waals surface area (Å²) in [6, 6.07) is 17.4. The van der Waals surface area contributed by atoms with Gasteiger partial charge in [-0.25, -0.2) is 9.07 Å². The lowest BCUT2D eigenvalue weighted by atomic mass is 9.99. The fraction of sp³-hybridized carbons (Fsp3) is 0.355. The molecular weight excluding hydrogens is 507 g/mol. The number of halogens is 1. The number of nitrogens with one attached hydrogen (secondary N) is 1. The van der Waals surface area contributed by atoms with E-state index in [-0.39, 0.29) is 23.5 Å². The first-order valence-corrected chi connectivity index (χ1v) is 13.7. The van der Waals surface area contributed by atoms with Gasteiger partial charge in [0.2, 0.25) is 5.91 Å². The van der Waals surface area contributed by atoms with Crippen LogP contribution >= 0.6 is 0 Å². The summed E-state index contributed by atoms with van der Waals surface area (Å²) >= 11 is 0. The number of carbonyl (C=O) groups is 2. The number of likely N-dealkylation sites (tertiary alicyclic amines) is 1. The predicted octanol–water partition coefficient (Wildman–Crippen LogP) is 3.92. The zero-order valence-corrected chi connectivity index (χ0v) is 22.3. The smallest absolute Gasteiger partial charge is 0.251 e. The van der Waals surface area contributed by atoms with Crippen LogP contribution in [-0.2, 0) is 4.79 Å². The molecule has 40 heavy (non-hydrogen) atoms. The molecule has 206 valence electrons. The molecule has 8 nitrogen and oxygen atoms in total. The van der Waals surface area contributed by atoms with Crippen LogP contribution in [0.5, 0.6) is 0 Å². The maximum atomic E-state index is 13.4. The molecule has 2 fully saturated rings. The van der Waals surface area contributed by atoms with Gasteiger partial charge in [-0.2, -0.15) is 10.4 Å². The van der Waals surface area contributed by atoms with Crippen molar-refractivity contribution in [3.8, 4) is 11.8 Å². The predicted molar refractivity (Wildman–Crippen MR) is 149 cm³/mol. The van der Waals surface area contributed by atoms with Gasteiger partial charge >= 0.3 is 0 Å². The summed E-state index contributed by atoms with van der Waals surface area (Å²) < 4.78 is 15.1. The van der Waals surface area contributed by atoms with E-state index >= 15 is 0 Å². The first-order valence-electron chi connectivity index (χ1n) is 13.7. The van der Waals surface area contributed by atoms with Crippen LogP contribution in [-0.4, -0.2) is 69.7 Å². The molecule has 1 aliphatic carbocycles. The molecule has 3 aromatic rings. The molecule has 1 aliphatic heterocycles. The molecule has 0 spiro atoms. The molecule has 5 rings (SSSR count). The summed E-state index contributed by atoms with van der Waals surface area (Å²) in [5.41, 5.74) is 2.42. The van der Waals surface area contributed by atoms with Crippen LogP contribution in [0.15, 0.2) is 79.6 Å². The van der Waals surface area contributed by atoms with Gasteiger partial charge in [-0.1, -0.05) is 18.2 Å². The van der Waals surface area contributed by atoms with Gasteiger partial charge in [0.1, 0.15) is 11.9 Å². The lowest BCUT2D eigenvalue weighted by Gasteiger charge is -2.38. The third-order valence-corrected chi connectivity index (χ3v) is 7.70. The molecule has 2 heterocycles. The van der Waals surface area contributed by atoms with Crippen LogP contribution in [0.25, 0.3) is 5.69 Å². The van der Waals surface area contributed by atoms with Crippen LogP contribution in [0.1, 0.15) is 41.1 Å². The maximum Gasteiger partial charge on any atom is 0.251 e. The molecule has 1 N–H and O–H groups in total. The number of carbonyl (C=O) groups excluding carboxylic acids is 2. The highest BCUT2D eigenvalue weighted by atomic mass is 19.1. The number of amides is 2. The van der Waals surface area contributed by atoms with Crippen molar-refractivity contribution >= 4 is 11.8 Å². The lowest BCUT2D eigenvalue weighted by Crippen LogP contribution is -2.56. The average molecular weight is 541 g/mol. The minimum atomic E-state index is -0.685. The standard InChI is InChI=1S/C31H33FN6O2/c1-2-15-36(29-18-27(29)23-6-10-25(32)11-7-23)16-3-5-28(31(40)37-20-22(19-33)21-37)35-30(39)24-8-12-26(13-9-24)38-17-4-14-34-38/h2,4,6-14,17,22,27-29H,1,3,5,15-16,18,20-21H2,(H,35,39)/t27-,28-,29?/m0/s1. The average Bonchev–Trinajstić information content (AvgIpc) is 3.54. The van der Waals surface area contributed by atoms with E-state index in [2.05, 4.69) is 28.0 Å². The molecular formula is C31H33FN6O2. The normalized spacial score (nSPS) is 19.0. The van der Waals surface area contributed by atoms with Gasteiger partial charge in [0.05, 0.1) is 17.7 Å². The van der Waals surface area contributed by atoms with Crippen LogP contribution in [0.3, 0.4) is 0 Å². The second kappa shape index (κ2) is 12.3. The summed E-state index contributed by atoms with van der Waals surface area (Å²) in [4.78, 5) is 30.4. The quantitative estimate of drug-likeness (QED) is 0.352. The van der Waals surface area contributed by atoms with E-state index in [1.54, 1.807) is 27.9 Å². The van der Waals surface area contributed by atoms with Crippen molar-refractivity contribution in [2.75, 3.05) is 26.2 Å². The summed E-state index contributed by atoms with van der Waals surface area (Å²) in [6.07, 6.45) is 7.56. The molecule has 2 amide bonds. The van der Waals surface area contributed by atoms with Crippen molar-refractivity contribution in [2.45, 2.75) is 37.3 Å². The number of rotatable bonds is 12. The third kappa shape index (κ3) is 6.29. The van der Waals surface area contributed by atoms with Gasteiger partial charge < -0.3 is 10.2 Å². The van der Waals surface area contributed by atoms with Gasteiger partial charge in [-0.05, 0) is 73.8 Å². The summed E-state index contributed by atoms with van der Waals surface area (Å²) in [7, 11) is 0. The minimum absolute atomic E-state index is 0.154. The second-order valence-electron chi connectivity index (χ2n) is 10.5. The Kier molecular flexibility index (Phi) is 8.37. The fourth-order valence-electron chi connectivity index (χ4n) is 5.36. The molecule has 9 heteroatoms. The SMILES string of the molecule is C=CCN(CCC[C@H](NC(=O)c1ccc(-n2cccn2)cc1)C(=O)N1CC(C#N)C1)C1C[C@H]1c1ccc(F)cc1. The Labute approximate surface area is 233 Å². The van der Waals surface area contributed by atoms with Crippen molar-refractivity contribution < 1.29 is 14.0 Å². The number of aromatic nitrogens is 2. The Morgan fingerprint density at radius 1 is 1.20 bits per heavy atom. The topological polar surface area (TPSA) is 94.3 Å². The van der Waals surface area contributed by atoms with Crippen LogP contribution in [0.4, 0.5) is 4.39 Å². The highest BCUT2D eigenvalue weighted by Gasteiger charge is 2.42. The maximum absolute atomic E-state index is 13.4. The van der Waals surface area contributed by atoms with Crippen LogP contribution < -0.4 is 5.32 Å². The number of nitriles is 1. The second-order valence-corrected chi connectivity index (χ2v) is 10.5. The highest BCUT2D eigenvalue weighted by Crippen LogP contribution is 2.44. The number of hydrogen-bond acceptors (Lipinski definition) is 5. The monoisotopic (exact) mass is 540 g/mol. The molecule has 1 saturated carbocycles. The Hall–Kier alpha value is -4.29. The fourth-order valence-corrected chi connectivity index (χ4v) is 5.36. The molecule has 1 saturated heterocycles. The summed E-state index contributed by atoms with van der Waals surface area (Å²) in [6.45, 7) is 6.15. The molecule has 3 atom stereocenters. The van der Waals surface area contributed by atoms with Crippen molar-refractivity contribution in [1.82, 2.24) is 24.9 Å². The van der Waals surface area contributed by atoms with E-state index in [1.165, 1.54) is 12.1 Å². The molecule has 2 aliphatic rings. The van der Waals surface area contributed by atoms with Crippen molar-refractivity contribution in [3.63, 3.8) is 0 Å². The Morgan fingerprint density at radius 2 is 1.95 bits per heavy atom. The van der Waals surface area contributed by atoms with Crippen molar-refractivity contribution in [2.24, 2.45) is 5.92 Å². The van der Waals surface area contributed by atoms with E-state index < -0.39 is 6.04 Å². The summed E-state index contributed by atoms with van der Waals surface area (Å²) in [5, 5.41) is 16.3. The largest absolute Gasteiger partial charge is 0.340 e. The minimum Gasteiger partial charge on any atom is -0.340 e. The first kappa shape index (κ1) is 27.3. The van der Waals surface area contributed by atoms with Gasteiger partial charge in [-0.15, -0.1) is 6.58 Å². The van der Waals surface area contributed by atoms with E-state index in [9.17, 15) is 14.0 Å². The Bertz CT molecular complexity index is 1360. The Balaban J connectivity index is 1.21. The zero-order valence-electron chi connectivity index (χ0n) is 22.3. The summed E-state index contributed by atoms with van der Waals surface area (Å²) in [5.74, 6) is -0.509. The zero-order chi connectivity index (χ0) is 28.1. The van der Waals surface area contributed by atoms with Crippen LogP contribution in [0.2, 0.25) is 0 Å². The first-order chi connectivity index (χ1) is 19.5. The molecule has 2 aromatic carbocycles. The van der Waals surface area contributed by atoms with Crippen molar-refractivity contribution in [3.05, 3.63) is 96.6 Å². The molecule has 0 radical (unpaired) electrons. The lowest BCUT2D eigenvalue weighted by molar-refractivity contribution is -0.138. The Morgan fingerprint density at radius 3 is 2.60 bits per heavy atom. The highest BCUT2D eigenvalue weighted by molar-refractivity contribution is 5.97. The van der Waals surface area contributed by atoms with Gasteiger partial charge in [0.25, 0.3) is 5.91 Å². The number of nitrogens with zero attached hydrogens (tertiary/aromatic N) is 5.